The lowest BCUT2D eigenvalue weighted by molar-refractivity contribution is 0.743. The van der Waals surface area contributed by atoms with E-state index in [0.717, 1.165) is 11.1 Å². The molecule has 0 aliphatic rings. The first kappa shape index (κ1) is 10.0. The number of nitrogens with zero attached hydrogens (tertiary/aromatic N) is 1. The molecule has 2 nitrogen and oxygen atoms in total. The first-order valence-electron chi connectivity index (χ1n) is 4.04. The summed E-state index contributed by atoms with van der Waals surface area (Å²) in [6.45, 7) is 1.94. The van der Waals surface area contributed by atoms with Gasteiger partial charge < -0.3 is 5.73 Å². The van der Waals surface area contributed by atoms with Gasteiger partial charge in [0.25, 0.3) is 0 Å². The van der Waals surface area contributed by atoms with E-state index in [1.165, 1.54) is 0 Å². The maximum absolute atomic E-state index is 8.51. The molecular formula is C10H11ClN2. The Morgan fingerprint density at radius 1 is 1.62 bits per heavy atom. The SMILES string of the molecule is Cc1cccc(Cl)c1[C@H](N)CC#N. The van der Waals surface area contributed by atoms with Crippen LogP contribution in [-0.4, -0.2) is 0 Å². The van der Waals surface area contributed by atoms with Gasteiger partial charge in [0.1, 0.15) is 0 Å². The Labute approximate surface area is 82.9 Å². The van der Waals surface area contributed by atoms with Gasteiger partial charge in [-0.1, -0.05) is 23.7 Å². The van der Waals surface area contributed by atoms with Gasteiger partial charge in [-0.3, -0.25) is 0 Å². The third kappa shape index (κ3) is 2.21. The number of halogens is 1. The minimum Gasteiger partial charge on any atom is -0.323 e. The summed E-state index contributed by atoms with van der Waals surface area (Å²) in [4.78, 5) is 0. The molecule has 0 radical (unpaired) electrons. The van der Waals surface area contributed by atoms with Gasteiger partial charge in [-0.15, -0.1) is 0 Å². The van der Waals surface area contributed by atoms with Crippen LogP contribution in [0.5, 0.6) is 0 Å². The lowest BCUT2D eigenvalue weighted by atomic mass is 10.00. The molecule has 0 saturated carbocycles. The fourth-order valence-electron chi connectivity index (χ4n) is 1.31. The van der Waals surface area contributed by atoms with Gasteiger partial charge in [0.05, 0.1) is 12.5 Å². The molecule has 0 heterocycles. The smallest absolute Gasteiger partial charge is 0.0641 e. The molecule has 2 N–H and O–H groups in total. The molecule has 1 aromatic rings. The third-order valence-corrected chi connectivity index (χ3v) is 2.28. The molecule has 68 valence electrons. The lowest BCUT2D eigenvalue weighted by Gasteiger charge is -2.12. The van der Waals surface area contributed by atoms with E-state index in [9.17, 15) is 0 Å². The number of benzene rings is 1. The Bertz CT molecular complexity index is 321. The van der Waals surface area contributed by atoms with Crippen LogP contribution >= 0.6 is 11.6 Å². The van der Waals surface area contributed by atoms with Crippen LogP contribution in [0.4, 0.5) is 0 Å². The second-order valence-electron chi connectivity index (χ2n) is 2.94. The van der Waals surface area contributed by atoms with Crippen LogP contribution in [0.3, 0.4) is 0 Å². The minimum absolute atomic E-state index is 0.279. The summed E-state index contributed by atoms with van der Waals surface area (Å²) in [5.74, 6) is 0. The van der Waals surface area contributed by atoms with Gasteiger partial charge in [0, 0.05) is 11.1 Å². The standard InChI is InChI=1S/C10H11ClN2/c1-7-3-2-4-8(11)10(7)9(13)5-6-12/h2-4,9H,5,13H2,1H3/t9-/m1/s1. The van der Waals surface area contributed by atoms with E-state index in [1.807, 2.05) is 25.1 Å². The first-order valence-corrected chi connectivity index (χ1v) is 4.42. The van der Waals surface area contributed by atoms with Crippen LogP contribution in [0.1, 0.15) is 23.6 Å². The molecule has 13 heavy (non-hydrogen) atoms. The highest BCUT2D eigenvalue weighted by atomic mass is 35.5. The maximum atomic E-state index is 8.51. The molecular weight excluding hydrogens is 184 g/mol. The van der Waals surface area contributed by atoms with Gasteiger partial charge in [-0.25, -0.2) is 0 Å². The van der Waals surface area contributed by atoms with Crippen molar-refractivity contribution in [2.45, 2.75) is 19.4 Å². The predicted octanol–water partition coefficient (Wildman–Crippen LogP) is 2.56. The summed E-state index contributed by atoms with van der Waals surface area (Å²) in [6.07, 6.45) is 0.296. The van der Waals surface area contributed by atoms with E-state index in [1.54, 1.807) is 6.07 Å². The molecule has 0 amide bonds. The molecule has 0 aliphatic carbocycles. The summed E-state index contributed by atoms with van der Waals surface area (Å²) < 4.78 is 0. The summed E-state index contributed by atoms with van der Waals surface area (Å²) in [5, 5.41) is 9.15. The van der Waals surface area contributed by atoms with E-state index in [-0.39, 0.29) is 6.04 Å². The molecule has 0 saturated heterocycles. The van der Waals surface area contributed by atoms with Crippen molar-refractivity contribution < 1.29 is 0 Å². The number of hydrogen-bond donors (Lipinski definition) is 1. The normalized spacial score (nSPS) is 12.2. The maximum Gasteiger partial charge on any atom is 0.0641 e. The zero-order valence-electron chi connectivity index (χ0n) is 7.42. The molecule has 1 rings (SSSR count). The monoisotopic (exact) mass is 194 g/mol. The highest BCUT2D eigenvalue weighted by molar-refractivity contribution is 6.31. The summed E-state index contributed by atoms with van der Waals surface area (Å²) in [5.41, 5.74) is 7.72. The Hall–Kier alpha value is -1.04. The summed E-state index contributed by atoms with van der Waals surface area (Å²) >= 11 is 5.97. The molecule has 1 atom stereocenters. The van der Waals surface area contributed by atoms with E-state index < -0.39 is 0 Å². The van der Waals surface area contributed by atoms with Crippen molar-refractivity contribution in [1.29, 1.82) is 5.26 Å². The number of nitriles is 1. The zero-order valence-corrected chi connectivity index (χ0v) is 8.17. The van der Waals surface area contributed by atoms with E-state index >= 15 is 0 Å². The number of rotatable bonds is 2. The molecule has 3 heteroatoms. The Morgan fingerprint density at radius 3 is 2.85 bits per heavy atom. The van der Waals surface area contributed by atoms with Crippen LogP contribution in [0.25, 0.3) is 0 Å². The molecule has 0 spiro atoms. The summed E-state index contributed by atoms with van der Waals surface area (Å²) in [7, 11) is 0. The van der Waals surface area contributed by atoms with Crippen molar-refractivity contribution in [3.63, 3.8) is 0 Å². The Kier molecular flexibility index (Phi) is 3.30. The van der Waals surface area contributed by atoms with Crippen molar-refractivity contribution in [2.75, 3.05) is 0 Å². The van der Waals surface area contributed by atoms with E-state index in [4.69, 9.17) is 22.6 Å². The highest BCUT2D eigenvalue weighted by Crippen LogP contribution is 2.26. The molecule has 0 unspecified atom stereocenters. The van der Waals surface area contributed by atoms with Gasteiger partial charge in [0.15, 0.2) is 0 Å². The quantitative estimate of drug-likeness (QED) is 0.787. The largest absolute Gasteiger partial charge is 0.323 e. The molecule has 0 bridgehead atoms. The second kappa shape index (κ2) is 4.27. The van der Waals surface area contributed by atoms with Gasteiger partial charge in [-0.05, 0) is 24.1 Å². The average Bonchev–Trinajstić information content (AvgIpc) is 2.04. The topological polar surface area (TPSA) is 49.8 Å². The van der Waals surface area contributed by atoms with E-state index in [0.29, 0.717) is 11.4 Å². The fourth-order valence-corrected chi connectivity index (χ4v) is 1.68. The Morgan fingerprint density at radius 2 is 2.31 bits per heavy atom. The number of nitrogens with two attached hydrogens (primary N) is 1. The predicted molar refractivity (Wildman–Crippen MR) is 53.3 cm³/mol. The molecule has 0 aliphatic heterocycles. The van der Waals surface area contributed by atoms with Crippen LogP contribution in [-0.2, 0) is 0 Å². The van der Waals surface area contributed by atoms with Gasteiger partial charge >= 0.3 is 0 Å². The lowest BCUT2D eigenvalue weighted by Crippen LogP contribution is -2.11. The average molecular weight is 195 g/mol. The van der Waals surface area contributed by atoms with E-state index in [2.05, 4.69) is 0 Å². The highest BCUT2D eigenvalue weighted by Gasteiger charge is 2.11. The van der Waals surface area contributed by atoms with Gasteiger partial charge in [0.2, 0.25) is 0 Å². The molecule has 0 aromatic heterocycles. The number of hydrogen-bond acceptors (Lipinski definition) is 2. The zero-order chi connectivity index (χ0) is 9.84. The van der Waals surface area contributed by atoms with Crippen LogP contribution in [0, 0.1) is 18.3 Å². The molecule has 0 fully saturated rings. The van der Waals surface area contributed by atoms with Crippen LogP contribution < -0.4 is 5.73 Å². The number of aryl methyl sites for hydroxylation is 1. The van der Waals surface area contributed by atoms with Crippen molar-refractivity contribution in [3.8, 4) is 6.07 Å². The fraction of sp³-hybridized carbons (Fsp3) is 0.300. The Balaban J connectivity index is 3.06. The van der Waals surface area contributed by atoms with Crippen LogP contribution in [0.2, 0.25) is 5.02 Å². The van der Waals surface area contributed by atoms with Crippen molar-refractivity contribution >= 4 is 11.6 Å². The third-order valence-electron chi connectivity index (χ3n) is 1.95. The first-order chi connectivity index (χ1) is 6.16. The van der Waals surface area contributed by atoms with Crippen molar-refractivity contribution in [2.24, 2.45) is 5.73 Å². The summed E-state index contributed by atoms with van der Waals surface area (Å²) in [6, 6.07) is 7.37. The second-order valence-corrected chi connectivity index (χ2v) is 3.35. The minimum atomic E-state index is -0.279. The van der Waals surface area contributed by atoms with Crippen LogP contribution in [0.15, 0.2) is 18.2 Å². The van der Waals surface area contributed by atoms with Crippen molar-refractivity contribution in [1.82, 2.24) is 0 Å². The van der Waals surface area contributed by atoms with Gasteiger partial charge in [-0.2, -0.15) is 5.26 Å². The van der Waals surface area contributed by atoms with Crippen molar-refractivity contribution in [3.05, 3.63) is 34.3 Å². The molecule has 1 aromatic carbocycles.